The van der Waals surface area contributed by atoms with E-state index in [1.807, 2.05) is 12.1 Å². The van der Waals surface area contributed by atoms with Crippen LogP contribution in [-0.4, -0.2) is 11.7 Å². The van der Waals surface area contributed by atoms with E-state index in [4.69, 9.17) is 21.4 Å². The number of benzene rings is 2. The van der Waals surface area contributed by atoms with Crippen molar-refractivity contribution >= 4 is 11.6 Å². The quantitative estimate of drug-likeness (QED) is 0.878. The van der Waals surface area contributed by atoms with Gasteiger partial charge in [0.2, 0.25) is 0 Å². The number of hydrogen-bond acceptors (Lipinski definition) is 2. The van der Waals surface area contributed by atoms with Crippen LogP contribution in [0.4, 0.5) is 4.39 Å². The summed E-state index contributed by atoms with van der Waals surface area (Å²) in [6.45, 7) is 0.0618. The first-order valence-electron chi connectivity index (χ1n) is 5.95. The first-order valence-corrected chi connectivity index (χ1v) is 6.33. The molecule has 0 saturated heterocycles. The Labute approximate surface area is 121 Å². The van der Waals surface area contributed by atoms with Gasteiger partial charge in [-0.25, -0.2) is 4.39 Å². The van der Waals surface area contributed by atoms with Crippen molar-refractivity contribution in [1.82, 2.24) is 0 Å². The van der Waals surface area contributed by atoms with Crippen LogP contribution < -0.4 is 4.74 Å². The molecule has 2 aromatic rings. The van der Waals surface area contributed by atoms with Crippen LogP contribution in [0.25, 0.3) is 0 Å². The van der Waals surface area contributed by atoms with Gasteiger partial charge < -0.3 is 9.84 Å². The van der Waals surface area contributed by atoms with Gasteiger partial charge in [0.15, 0.2) is 0 Å². The lowest BCUT2D eigenvalue weighted by atomic mass is 10.2. The monoisotopic (exact) mass is 290 g/mol. The summed E-state index contributed by atoms with van der Waals surface area (Å²) in [7, 11) is 0. The maximum Gasteiger partial charge on any atom is 0.124 e. The molecule has 20 heavy (non-hydrogen) atoms. The molecule has 0 bridgehead atoms. The summed E-state index contributed by atoms with van der Waals surface area (Å²) in [5.41, 5.74) is 1.46. The molecule has 2 rings (SSSR count). The standard InChI is InChI=1S/C16H12ClFO2/c17-16-10-14(18)7-6-13(16)11-20-15-5-1-3-12(9-15)4-2-8-19/h1,3,5-7,9-10,19H,8,11H2. The molecule has 0 spiro atoms. The van der Waals surface area contributed by atoms with Crippen molar-refractivity contribution < 1.29 is 14.2 Å². The maximum atomic E-state index is 12.9. The molecule has 4 heteroatoms. The SMILES string of the molecule is OCC#Cc1cccc(OCc2ccc(F)cc2Cl)c1. The summed E-state index contributed by atoms with van der Waals surface area (Å²) in [6, 6.07) is 11.4. The van der Waals surface area contributed by atoms with Gasteiger partial charge in [-0.3, -0.25) is 0 Å². The zero-order valence-electron chi connectivity index (χ0n) is 10.6. The topological polar surface area (TPSA) is 29.5 Å². The van der Waals surface area contributed by atoms with E-state index in [2.05, 4.69) is 11.8 Å². The number of hydrogen-bond donors (Lipinski definition) is 1. The summed E-state index contributed by atoms with van der Waals surface area (Å²) in [5.74, 6) is 5.62. The highest BCUT2D eigenvalue weighted by atomic mass is 35.5. The van der Waals surface area contributed by atoms with Gasteiger partial charge in [-0.2, -0.15) is 0 Å². The number of aliphatic hydroxyl groups excluding tert-OH is 1. The van der Waals surface area contributed by atoms with Crippen LogP contribution in [0.2, 0.25) is 5.02 Å². The van der Waals surface area contributed by atoms with E-state index in [0.29, 0.717) is 16.3 Å². The molecule has 0 atom stereocenters. The predicted octanol–water partition coefficient (Wildman–Crippen LogP) is 3.40. The largest absolute Gasteiger partial charge is 0.489 e. The second kappa shape index (κ2) is 6.95. The summed E-state index contributed by atoms with van der Waals surface area (Å²) in [6.07, 6.45) is 0. The van der Waals surface area contributed by atoms with Crippen LogP contribution >= 0.6 is 11.6 Å². The smallest absolute Gasteiger partial charge is 0.124 e. The second-order valence-electron chi connectivity index (χ2n) is 4.01. The van der Waals surface area contributed by atoms with Crippen LogP contribution in [-0.2, 0) is 6.61 Å². The van der Waals surface area contributed by atoms with Gasteiger partial charge in [-0.05, 0) is 30.3 Å². The van der Waals surface area contributed by atoms with Gasteiger partial charge in [0.1, 0.15) is 24.8 Å². The highest BCUT2D eigenvalue weighted by Gasteiger charge is 2.03. The highest BCUT2D eigenvalue weighted by Crippen LogP contribution is 2.20. The molecule has 0 amide bonds. The Morgan fingerprint density at radius 1 is 1.20 bits per heavy atom. The third-order valence-corrected chi connectivity index (χ3v) is 2.91. The minimum absolute atomic E-state index is 0.184. The predicted molar refractivity (Wildman–Crippen MR) is 76.1 cm³/mol. The van der Waals surface area contributed by atoms with Gasteiger partial charge in [-0.1, -0.05) is 35.6 Å². The normalized spacial score (nSPS) is 9.75. The minimum Gasteiger partial charge on any atom is -0.489 e. The number of halogens is 2. The van der Waals surface area contributed by atoms with Gasteiger partial charge in [-0.15, -0.1) is 0 Å². The van der Waals surface area contributed by atoms with Crippen molar-refractivity contribution in [2.24, 2.45) is 0 Å². The van der Waals surface area contributed by atoms with E-state index in [1.165, 1.54) is 12.1 Å². The van der Waals surface area contributed by atoms with Crippen molar-refractivity contribution in [2.75, 3.05) is 6.61 Å². The molecule has 0 saturated carbocycles. The molecule has 0 aliphatic carbocycles. The van der Waals surface area contributed by atoms with Crippen molar-refractivity contribution in [3.63, 3.8) is 0 Å². The molecule has 0 heterocycles. The summed E-state index contributed by atoms with van der Waals surface area (Å²) in [4.78, 5) is 0. The molecular formula is C16H12ClFO2. The van der Waals surface area contributed by atoms with E-state index >= 15 is 0 Å². The van der Waals surface area contributed by atoms with Gasteiger partial charge in [0, 0.05) is 11.1 Å². The second-order valence-corrected chi connectivity index (χ2v) is 4.42. The molecule has 0 aliphatic rings. The van der Waals surface area contributed by atoms with E-state index < -0.39 is 0 Å². The van der Waals surface area contributed by atoms with Gasteiger partial charge in [0.05, 0.1) is 5.02 Å². The summed E-state index contributed by atoms with van der Waals surface area (Å²) < 4.78 is 18.5. The lowest BCUT2D eigenvalue weighted by molar-refractivity contribution is 0.306. The van der Waals surface area contributed by atoms with Crippen LogP contribution in [0.3, 0.4) is 0 Å². The van der Waals surface area contributed by atoms with Crippen LogP contribution in [0.5, 0.6) is 5.75 Å². The zero-order valence-corrected chi connectivity index (χ0v) is 11.3. The molecule has 0 unspecified atom stereocenters. The molecule has 2 nitrogen and oxygen atoms in total. The Morgan fingerprint density at radius 3 is 2.80 bits per heavy atom. The van der Waals surface area contributed by atoms with Gasteiger partial charge >= 0.3 is 0 Å². The van der Waals surface area contributed by atoms with Crippen LogP contribution in [0.15, 0.2) is 42.5 Å². The lowest BCUT2D eigenvalue weighted by Crippen LogP contribution is -1.97. The first-order chi connectivity index (χ1) is 9.69. The van der Waals surface area contributed by atoms with Crippen LogP contribution in [0.1, 0.15) is 11.1 Å². The molecular weight excluding hydrogens is 279 g/mol. The fourth-order valence-corrected chi connectivity index (χ4v) is 1.83. The van der Waals surface area contributed by atoms with Gasteiger partial charge in [0.25, 0.3) is 0 Å². The minimum atomic E-state index is -0.375. The maximum absolute atomic E-state index is 12.9. The van der Waals surface area contributed by atoms with Crippen molar-refractivity contribution in [3.8, 4) is 17.6 Å². The first kappa shape index (κ1) is 14.4. The molecule has 0 aromatic heterocycles. The molecule has 2 aromatic carbocycles. The average Bonchev–Trinajstić information content (AvgIpc) is 2.45. The fraction of sp³-hybridized carbons (Fsp3) is 0.125. The highest BCUT2D eigenvalue weighted by molar-refractivity contribution is 6.31. The van der Waals surface area contributed by atoms with E-state index in [1.54, 1.807) is 18.2 Å². The Hall–Kier alpha value is -2.02. The molecule has 102 valence electrons. The Bertz CT molecular complexity index is 659. The molecule has 0 aliphatic heterocycles. The number of rotatable bonds is 3. The Balaban J connectivity index is 2.07. The third-order valence-electron chi connectivity index (χ3n) is 2.56. The van der Waals surface area contributed by atoms with Crippen molar-refractivity contribution in [2.45, 2.75) is 6.61 Å². The third kappa shape index (κ3) is 3.99. The fourth-order valence-electron chi connectivity index (χ4n) is 1.61. The number of aliphatic hydroxyl groups is 1. The Morgan fingerprint density at radius 2 is 2.05 bits per heavy atom. The zero-order chi connectivity index (χ0) is 14.4. The summed E-state index contributed by atoms with van der Waals surface area (Å²) in [5, 5.41) is 8.99. The van der Waals surface area contributed by atoms with Crippen LogP contribution in [0, 0.1) is 17.7 Å². The van der Waals surface area contributed by atoms with E-state index in [-0.39, 0.29) is 19.0 Å². The summed E-state index contributed by atoms with van der Waals surface area (Å²) >= 11 is 5.93. The van der Waals surface area contributed by atoms with Crippen molar-refractivity contribution in [1.29, 1.82) is 0 Å². The molecule has 0 radical (unpaired) electrons. The molecule has 1 N–H and O–H groups in total. The number of ether oxygens (including phenoxy) is 1. The van der Waals surface area contributed by atoms with E-state index in [0.717, 1.165) is 5.56 Å². The Kier molecular flexibility index (Phi) is 5.00. The lowest BCUT2D eigenvalue weighted by Gasteiger charge is -2.08. The van der Waals surface area contributed by atoms with E-state index in [9.17, 15) is 4.39 Å². The average molecular weight is 291 g/mol. The molecule has 0 fully saturated rings. The van der Waals surface area contributed by atoms with Crippen molar-refractivity contribution in [3.05, 3.63) is 64.4 Å².